The number of amides is 1. The third kappa shape index (κ3) is 6.47. The average molecular weight is 639 g/mol. The summed E-state index contributed by atoms with van der Waals surface area (Å²) in [6.07, 6.45) is 7.56. The number of rotatable bonds is 8. The molecule has 1 atom stereocenters. The number of carbonyl (C=O) groups is 1. The fourth-order valence-electron chi connectivity index (χ4n) is 5.05. The van der Waals surface area contributed by atoms with Gasteiger partial charge in [-0.2, -0.15) is 5.10 Å². The summed E-state index contributed by atoms with van der Waals surface area (Å²) in [7, 11) is -3.29. The van der Waals surface area contributed by atoms with Gasteiger partial charge in [0.15, 0.2) is 9.84 Å². The molecule has 3 aromatic heterocycles. The van der Waals surface area contributed by atoms with E-state index >= 15 is 0 Å². The van der Waals surface area contributed by atoms with Gasteiger partial charge >= 0.3 is 0 Å². The number of carbonyl (C=O) groups excluding carboxylic acids is 1. The fraction of sp³-hybridized carbons (Fsp3) is 0.118. The zero-order valence-corrected chi connectivity index (χ0v) is 25.6. The topological polar surface area (TPSA) is 118 Å². The van der Waals surface area contributed by atoms with Gasteiger partial charge in [-0.15, -0.1) is 0 Å². The summed E-state index contributed by atoms with van der Waals surface area (Å²) in [5, 5.41) is 9.97. The van der Waals surface area contributed by atoms with Gasteiger partial charge in [0, 0.05) is 42.0 Å². The summed E-state index contributed by atoms with van der Waals surface area (Å²) in [5.74, 6) is -1.88. The molecule has 1 amide bonds. The van der Waals surface area contributed by atoms with Gasteiger partial charge in [-0.3, -0.25) is 4.79 Å². The molecule has 0 fully saturated rings. The lowest BCUT2D eigenvalue weighted by Gasteiger charge is -2.12. The summed E-state index contributed by atoms with van der Waals surface area (Å²) in [5.41, 5.74) is 4.56. The van der Waals surface area contributed by atoms with Crippen LogP contribution in [0, 0.1) is 0 Å². The minimum atomic E-state index is -3.29. The fourth-order valence-corrected chi connectivity index (χ4v) is 5.69. The van der Waals surface area contributed by atoms with Crippen LogP contribution in [0.5, 0.6) is 0 Å². The lowest BCUT2D eigenvalue weighted by atomic mass is 10.0. The molecule has 6 rings (SSSR count). The highest BCUT2D eigenvalue weighted by Gasteiger charge is 2.21. The summed E-state index contributed by atoms with van der Waals surface area (Å²) >= 11 is 0. The van der Waals surface area contributed by atoms with Crippen LogP contribution in [0.3, 0.4) is 0 Å². The molecule has 2 aromatic carbocycles. The second-order valence-corrected chi connectivity index (χ2v) is 13.1. The van der Waals surface area contributed by atoms with Gasteiger partial charge in [0.25, 0.3) is 5.91 Å². The molecule has 0 radical (unpaired) electrons. The Morgan fingerprint density at radius 1 is 1.00 bits per heavy atom. The summed E-state index contributed by atoms with van der Waals surface area (Å²) in [6.45, 7) is 1.64. The normalized spacial score (nSPS) is 14.1. The first-order valence-corrected chi connectivity index (χ1v) is 16.2. The van der Waals surface area contributed by atoms with Crippen LogP contribution in [0.4, 0.5) is 26.1 Å². The molecule has 0 saturated heterocycles. The highest BCUT2D eigenvalue weighted by Crippen LogP contribution is 2.36. The van der Waals surface area contributed by atoms with E-state index in [0.29, 0.717) is 39.5 Å². The van der Waals surface area contributed by atoms with Crippen LogP contribution in [-0.2, 0) is 14.6 Å². The van der Waals surface area contributed by atoms with Crippen molar-refractivity contribution in [1.82, 2.24) is 19.6 Å². The average Bonchev–Trinajstić information content (AvgIpc) is 3.34. The number of aromatic nitrogens is 4. The molecule has 1 aliphatic rings. The maximum atomic E-state index is 14.5. The molecule has 0 spiro atoms. The molecule has 1 unspecified atom stereocenters. The number of allylic oxidation sites excluding steroid dienone is 5. The number of nitrogens with one attached hydrogen (secondary N) is 2. The van der Waals surface area contributed by atoms with E-state index in [1.54, 1.807) is 72.4 Å². The number of hydrogen-bond donors (Lipinski definition) is 2. The zero-order chi connectivity index (χ0) is 32.4. The predicted octanol–water partition coefficient (Wildman–Crippen LogP) is 7.28. The molecule has 0 aliphatic heterocycles. The Labute approximate surface area is 264 Å². The molecule has 12 heteroatoms. The van der Waals surface area contributed by atoms with Crippen molar-refractivity contribution in [3.8, 4) is 22.5 Å². The van der Waals surface area contributed by atoms with Crippen molar-refractivity contribution in [2.45, 2.75) is 18.6 Å². The lowest BCUT2D eigenvalue weighted by molar-refractivity contribution is -0.113. The standard InChI is InChI=1S/C34H28F2N6O3S/c1-21(46(2,44)45)22-8-5-12-26(18-22)39-34-37-16-15-29(40-34)31-30-14-3-4-17-42(30)41-32(31)23-9-6-11-25(19-23)38-33(43)27-20-24(35)10-7-13-28(27)36/h3-19,21H,20H2,1-2H3,(H,38,43)(H,37,39,40). The lowest BCUT2D eigenvalue weighted by Crippen LogP contribution is -2.15. The Bertz CT molecular complexity index is 2190. The highest BCUT2D eigenvalue weighted by atomic mass is 32.2. The third-order valence-electron chi connectivity index (χ3n) is 7.53. The predicted molar refractivity (Wildman–Crippen MR) is 174 cm³/mol. The van der Waals surface area contributed by atoms with Gasteiger partial charge in [0.2, 0.25) is 5.95 Å². The minimum absolute atomic E-state index is 0.290. The highest BCUT2D eigenvalue weighted by molar-refractivity contribution is 7.90. The van der Waals surface area contributed by atoms with E-state index < -0.39 is 39.1 Å². The number of hydrogen-bond acceptors (Lipinski definition) is 7. The Morgan fingerprint density at radius 2 is 1.80 bits per heavy atom. The van der Waals surface area contributed by atoms with E-state index in [1.807, 2.05) is 24.3 Å². The van der Waals surface area contributed by atoms with Crippen molar-refractivity contribution >= 4 is 38.6 Å². The van der Waals surface area contributed by atoms with Crippen LogP contribution in [0.1, 0.15) is 24.2 Å². The van der Waals surface area contributed by atoms with Gasteiger partial charge < -0.3 is 10.6 Å². The molecule has 5 aromatic rings. The molecular formula is C34H28F2N6O3S. The minimum Gasteiger partial charge on any atom is -0.324 e. The van der Waals surface area contributed by atoms with Crippen molar-refractivity contribution in [2.75, 3.05) is 16.9 Å². The van der Waals surface area contributed by atoms with E-state index in [-0.39, 0.29) is 11.5 Å². The molecule has 2 N–H and O–H groups in total. The zero-order valence-electron chi connectivity index (χ0n) is 24.8. The van der Waals surface area contributed by atoms with Crippen molar-refractivity contribution in [3.63, 3.8) is 0 Å². The van der Waals surface area contributed by atoms with Gasteiger partial charge in [-0.1, -0.05) is 36.4 Å². The number of anilines is 3. The molecule has 9 nitrogen and oxygen atoms in total. The number of nitrogens with zero attached hydrogens (tertiary/aromatic N) is 4. The maximum Gasteiger partial charge on any atom is 0.254 e. The van der Waals surface area contributed by atoms with Crippen molar-refractivity contribution < 1.29 is 22.0 Å². The number of halogens is 2. The summed E-state index contributed by atoms with van der Waals surface area (Å²) in [4.78, 5) is 22.1. The first-order valence-electron chi connectivity index (χ1n) is 14.3. The number of benzene rings is 2. The molecular weight excluding hydrogens is 610 g/mol. The number of fused-ring (bicyclic) bond motifs is 1. The van der Waals surface area contributed by atoms with Crippen molar-refractivity contribution in [3.05, 3.63) is 126 Å². The van der Waals surface area contributed by atoms with E-state index in [1.165, 1.54) is 12.3 Å². The van der Waals surface area contributed by atoms with Crippen LogP contribution in [0.2, 0.25) is 0 Å². The van der Waals surface area contributed by atoms with Gasteiger partial charge in [-0.05, 0) is 67.1 Å². The first-order chi connectivity index (χ1) is 22.1. The van der Waals surface area contributed by atoms with Gasteiger partial charge in [0.05, 0.1) is 27.6 Å². The maximum absolute atomic E-state index is 14.5. The Kier molecular flexibility index (Phi) is 8.29. The van der Waals surface area contributed by atoms with Gasteiger partial charge in [0.1, 0.15) is 17.3 Å². The van der Waals surface area contributed by atoms with Crippen LogP contribution >= 0.6 is 0 Å². The number of sulfone groups is 1. The molecule has 46 heavy (non-hydrogen) atoms. The molecule has 232 valence electrons. The van der Waals surface area contributed by atoms with Crippen LogP contribution < -0.4 is 10.6 Å². The van der Waals surface area contributed by atoms with E-state index in [2.05, 4.69) is 15.6 Å². The summed E-state index contributed by atoms with van der Waals surface area (Å²) < 4.78 is 54.4. The smallest absolute Gasteiger partial charge is 0.254 e. The molecule has 0 bridgehead atoms. The van der Waals surface area contributed by atoms with Crippen molar-refractivity contribution in [1.29, 1.82) is 0 Å². The molecule has 0 saturated carbocycles. The molecule has 3 heterocycles. The first kappa shape index (κ1) is 30.5. The van der Waals surface area contributed by atoms with E-state index in [9.17, 15) is 22.0 Å². The van der Waals surface area contributed by atoms with Crippen LogP contribution in [0.25, 0.3) is 28.0 Å². The van der Waals surface area contributed by atoms with Crippen molar-refractivity contribution in [2.24, 2.45) is 0 Å². The Hall–Kier alpha value is -5.49. The van der Waals surface area contributed by atoms with E-state index in [4.69, 9.17) is 10.1 Å². The Balaban J connectivity index is 1.35. The quantitative estimate of drug-likeness (QED) is 0.183. The van der Waals surface area contributed by atoms with Crippen LogP contribution in [-0.4, -0.2) is 40.2 Å². The van der Waals surface area contributed by atoms with Crippen LogP contribution in [0.15, 0.2) is 121 Å². The SMILES string of the molecule is CC(c1cccc(Nc2nccc(-c3c(-c4cccc(NC(=O)C5=C(F)C=CC=C(F)C5)c4)nn4ccccc34)n2)c1)S(C)(=O)=O. The van der Waals surface area contributed by atoms with Gasteiger partial charge in [-0.25, -0.2) is 31.7 Å². The molecule has 1 aliphatic carbocycles. The largest absolute Gasteiger partial charge is 0.324 e. The summed E-state index contributed by atoms with van der Waals surface area (Å²) in [6, 6.07) is 21.4. The van der Waals surface area contributed by atoms with E-state index in [0.717, 1.165) is 17.7 Å². The Morgan fingerprint density at radius 3 is 2.63 bits per heavy atom. The number of pyridine rings is 1. The monoisotopic (exact) mass is 638 g/mol. The second kappa shape index (κ2) is 12.5. The third-order valence-corrected chi connectivity index (χ3v) is 9.08. The second-order valence-electron chi connectivity index (χ2n) is 10.8.